The van der Waals surface area contributed by atoms with Gasteiger partial charge in [0.1, 0.15) is 11.6 Å². The number of hydrogen-bond donors (Lipinski definition) is 2. The topological polar surface area (TPSA) is 91.8 Å². The lowest BCUT2D eigenvalue weighted by Gasteiger charge is -2.29. The molecule has 1 aromatic heterocycles. The first-order valence-corrected chi connectivity index (χ1v) is 11.0. The van der Waals surface area contributed by atoms with Crippen molar-refractivity contribution >= 4 is 23.3 Å². The lowest BCUT2D eigenvalue weighted by Crippen LogP contribution is -2.48. The number of aromatic nitrogens is 1. The van der Waals surface area contributed by atoms with Crippen LogP contribution in [0.4, 0.5) is 4.79 Å². The van der Waals surface area contributed by atoms with Gasteiger partial charge in [0.2, 0.25) is 5.91 Å². The van der Waals surface area contributed by atoms with Crippen LogP contribution in [0.15, 0.2) is 29.8 Å². The molecule has 162 valence electrons. The van der Waals surface area contributed by atoms with Gasteiger partial charge in [0.15, 0.2) is 0 Å². The molecule has 7 nitrogen and oxygen atoms in total. The zero-order valence-electron chi connectivity index (χ0n) is 17.8. The number of aliphatic hydroxyl groups is 1. The predicted octanol–water partition coefficient (Wildman–Crippen LogP) is 3.67. The second-order valence-corrected chi connectivity index (χ2v) is 9.32. The number of carbonyl (C=O) groups excluding carboxylic acids is 2. The van der Waals surface area contributed by atoms with Gasteiger partial charge in [0, 0.05) is 6.54 Å². The van der Waals surface area contributed by atoms with Gasteiger partial charge in [-0.3, -0.25) is 9.69 Å². The molecule has 0 spiro atoms. The molecule has 0 saturated carbocycles. The number of aliphatic hydroxyl groups excluding tert-OH is 1. The molecule has 1 fully saturated rings. The van der Waals surface area contributed by atoms with Crippen molar-refractivity contribution in [2.75, 3.05) is 13.2 Å². The molecule has 0 radical (unpaired) electrons. The number of nitrogens with one attached hydrogen (secondary N) is 1. The van der Waals surface area contributed by atoms with Crippen molar-refractivity contribution in [3.8, 4) is 10.4 Å². The van der Waals surface area contributed by atoms with Gasteiger partial charge in [-0.15, -0.1) is 11.3 Å². The lowest BCUT2D eigenvalue weighted by molar-refractivity contribution is -0.126. The van der Waals surface area contributed by atoms with Gasteiger partial charge in [-0.2, -0.15) is 0 Å². The molecule has 1 aliphatic rings. The van der Waals surface area contributed by atoms with Gasteiger partial charge in [-0.25, -0.2) is 9.78 Å². The zero-order chi connectivity index (χ0) is 21.9. The number of aryl methyl sites for hydroxylation is 1. The van der Waals surface area contributed by atoms with Crippen molar-refractivity contribution in [3.63, 3.8) is 0 Å². The van der Waals surface area contributed by atoms with Crippen molar-refractivity contribution in [1.82, 2.24) is 15.2 Å². The van der Waals surface area contributed by atoms with E-state index in [4.69, 9.17) is 4.74 Å². The van der Waals surface area contributed by atoms with Crippen LogP contribution < -0.4 is 5.32 Å². The number of carbonyl (C=O) groups is 2. The van der Waals surface area contributed by atoms with Crippen LogP contribution >= 0.6 is 11.3 Å². The standard InChI is InChI=1S/C22H29N3O4S/c1-14-19(30-13-23-14)16-9-7-15(8-10-16)17(12-26)24-20(27)18-6-5-11-25(18)21(28)29-22(2,3)4/h7-10,13,17-18,26H,5-6,11-12H2,1-4H3,(H,24,27)/t17-,18?/m0/s1. The summed E-state index contributed by atoms with van der Waals surface area (Å²) in [5.41, 5.74) is 4.02. The summed E-state index contributed by atoms with van der Waals surface area (Å²) in [6, 6.07) is 6.59. The van der Waals surface area contributed by atoms with Gasteiger partial charge in [0.05, 0.1) is 28.7 Å². The first-order chi connectivity index (χ1) is 14.2. The van der Waals surface area contributed by atoms with E-state index in [1.807, 2.05) is 36.7 Å². The Labute approximate surface area is 181 Å². The average molecular weight is 432 g/mol. The molecule has 3 rings (SSSR count). The molecular formula is C22H29N3O4S. The number of likely N-dealkylation sites (tertiary alicyclic amines) is 1. The number of nitrogens with zero attached hydrogens (tertiary/aromatic N) is 2. The fraction of sp³-hybridized carbons (Fsp3) is 0.500. The highest BCUT2D eigenvalue weighted by Crippen LogP contribution is 2.28. The third-order valence-corrected chi connectivity index (χ3v) is 5.98. The van der Waals surface area contributed by atoms with Crippen LogP contribution in [0.2, 0.25) is 0 Å². The molecule has 0 aliphatic carbocycles. The molecule has 1 aromatic carbocycles. The molecule has 2 N–H and O–H groups in total. The van der Waals surface area contributed by atoms with Crippen molar-refractivity contribution in [1.29, 1.82) is 0 Å². The van der Waals surface area contributed by atoms with E-state index in [1.54, 1.807) is 32.1 Å². The van der Waals surface area contributed by atoms with Gasteiger partial charge in [0.25, 0.3) is 0 Å². The minimum Gasteiger partial charge on any atom is -0.444 e. The monoisotopic (exact) mass is 431 g/mol. The first-order valence-electron chi connectivity index (χ1n) is 10.1. The van der Waals surface area contributed by atoms with E-state index in [9.17, 15) is 14.7 Å². The maximum Gasteiger partial charge on any atom is 0.410 e. The van der Waals surface area contributed by atoms with Crippen LogP contribution in [-0.4, -0.2) is 51.8 Å². The van der Waals surface area contributed by atoms with E-state index in [2.05, 4.69) is 10.3 Å². The Morgan fingerprint density at radius 1 is 1.33 bits per heavy atom. The Bertz CT molecular complexity index is 889. The molecule has 8 heteroatoms. The molecule has 2 aromatic rings. The SMILES string of the molecule is Cc1ncsc1-c1ccc([C@H](CO)NC(=O)C2CCCN2C(=O)OC(C)(C)C)cc1. The second-order valence-electron chi connectivity index (χ2n) is 8.46. The molecule has 0 bridgehead atoms. The van der Waals surface area contributed by atoms with Gasteiger partial charge >= 0.3 is 6.09 Å². The average Bonchev–Trinajstić information content (AvgIpc) is 3.34. The van der Waals surface area contributed by atoms with Crippen LogP contribution in [0.3, 0.4) is 0 Å². The third kappa shape index (κ3) is 5.17. The van der Waals surface area contributed by atoms with E-state index in [0.717, 1.165) is 28.1 Å². The van der Waals surface area contributed by atoms with Crippen LogP contribution in [0, 0.1) is 6.92 Å². The van der Waals surface area contributed by atoms with Gasteiger partial charge < -0.3 is 15.2 Å². The minimum atomic E-state index is -0.619. The Morgan fingerprint density at radius 2 is 2.03 bits per heavy atom. The largest absolute Gasteiger partial charge is 0.444 e. The Morgan fingerprint density at radius 3 is 2.60 bits per heavy atom. The van der Waals surface area contributed by atoms with E-state index in [0.29, 0.717) is 13.0 Å². The van der Waals surface area contributed by atoms with E-state index in [1.165, 1.54) is 4.90 Å². The molecule has 30 heavy (non-hydrogen) atoms. The molecule has 2 amide bonds. The van der Waals surface area contributed by atoms with E-state index < -0.39 is 23.8 Å². The molecule has 1 unspecified atom stereocenters. The Kier molecular flexibility index (Phi) is 6.77. The van der Waals surface area contributed by atoms with Crippen LogP contribution in [0.1, 0.15) is 50.9 Å². The summed E-state index contributed by atoms with van der Waals surface area (Å²) in [6.45, 7) is 7.62. The van der Waals surface area contributed by atoms with Gasteiger partial charge in [-0.1, -0.05) is 24.3 Å². The Hall–Kier alpha value is -2.45. The summed E-state index contributed by atoms with van der Waals surface area (Å²) in [7, 11) is 0. The molecule has 1 saturated heterocycles. The van der Waals surface area contributed by atoms with Crippen molar-refractivity contribution in [2.45, 2.75) is 58.2 Å². The Balaban J connectivity index is 1.68. The number of ether oxygens (including phenoxy) is 1. The second kappa shape index (κ2) is 9.14. The number of benzene rings is 1. The van der Waals surface area contributed by atoms with Crippen molar-refractivity contribution in [3.05, 3.63) is 41.0 Å². The summed E-state index contributed by atoms with van der Waals surface area (Å²) in [5, 5.41) is 12.8. The lowest BCUT2D eigenvalue weighted by atomic mass is 10.0. The van der Waals surface area contributed by atoms with Crippen molar-refractivity contribution in [2.24, 2.45) is 0 Å². The number of amides is 2. The maximum absolute atomic E-state index is 12.9. The fourth-order valence-electron chi connectivity index (χ4n) is 3.53. The predicted molar refractivity (Wildman–Crippen MR) is 116 cm³/mol. The highest BCUT2D eigenvalue weighted by Gasteiger charge is 2.37. The van der Waals surface area contributed by atoms with E-state index in [-0.39, 0.29) is 12.5 Å². The summed E-state index contributed by atoms with van der Waals surface area (Å²) in [6.07, 6.45) is 0.835. The molecular weight excluding hydrogens is 402 g/mol. The highest BCUT2D eigenvalue weighted by atomic mass is 32.1. The fourth-order valence-corrected chi connectivity index (χ4v) is 4.34. The normalized spacial score (nSPS) is 17.6. The number of hydrogen-bond acceptors (Lipinski definition) is 6. The van der Waals surface area contributed by atoms with Crippen LogP contribution in [0.25, 0.3) is 10.4 Å². The molecule has 1 aliphatic heterocycles. The third-order valence-electron chi connectivity index (χ3n) is 5.00. The minimum absolute atomic E-state index is 0.232. The highest BCUT2D eigenvalue weighted by molar-refractivity contribution is 7.13. The van der Waals surface area contributed by atoms with Crippen LogP contribution in [0.5, 0.6) is 0 Å². The number of thiazole rings is 1. The zero-order valence-corrected chi connectivity index (χ0v) is 18.7. The maximum atomic E-state index is 12.9. The summed E-state index contributed by atoms with van der Waals surface area (Å²) < 4.78 is 5.43. The smallest absolute Gasteiger partial charge is 0.410 e. The van der Waals surface area contributed by atoms with Gasteiger partial charge in [-0.05, 0) is 51.7 Å². The summed E-state index contributed by atoms with van der Waals surface area (Å²) in [4.78, 5) is 32.2. The molecule has 2 heterocycles. The quantitative estimate of drug-likeness (QED) is 0.754. The first kappa shape index (κ1) is 22.2. The summed E-state index contributed by atoms with van der Waals surface area (Å²) >= 11 is 1.58. The summed E-state index contributed by atoms with van der Waals surface area (Å²) in [5.74, 6) is -0.278. The number of rotatable bonds is 5. The van der Waals surface area contributed by atoms with Crippen LogP contribution in [-0.2, 0) is 9.53 Å². The molecule has 2 atom stereocenters. The van der Waals surface area contributed by atoms with Crippen molar-refractivity contribution < 1.29 is 19.4 Å². The van der Waals surface area contributed by atoms with E-state index >= 15 is 0 Å².